The Morgan fingerprint density at radius 1 is 1.06 bits per heavy atom. The first-order chi connectivity index (χ1) is 17.2. The molecule has 4 rings (SSSR count). The number of hydrogen-bond donors (Lipinski definition) is 0. The Morgan fingerprint density at radius 2 is 1.67 bits per heavy atom. The van der Waals surface area contributed by atoms with Crippen molar-refractivity contribution in [2.45, 2.75) is 13.8 Å². The van der Waals surface area contributed by atoms with E-state index in [2.05, 4.69) is 4.90 Å². The molecule has 0 radical (unpaired) electrons. The number of piperazine rings is 1. The number of hydrogen-bond acceptors (Lipinski definition) is 10. The molecule has 2 aliphatic rings. The van der Waals surface area contributed by atoms with Crippen LogP contribution in [0, 0.1) is 11.7 Å². The number of aromatic nitrogens is 1. The van der Waals surface area contributed by atoms with Crippen LogP contribution in [0.4, 0.5) is 10.1 Å². The van der Waals surface area contributed by atoms with E-state index in [1.165, 1.54) is 24.7 Å². The zero-order chi connectivity index (χ0) is 26.1. The Labute approximate surface area is 206 Å². The molecule has 2 aliphatic heterocycles. The fourth-order valence-electron chi connectivity index (χ4n) is 4.44. The molecule has 1 saturated heterocycles. The number of ketones is 1. The molecule has 0 aliphatic carbocycles. The minimum atomic E-state index is -1.97. The van der Waals surface area contributed by atoms with Crippen LogP contribution in [0.2, 0.25) is 0 Å². The van der Waals surface area contributed by atoms with Crippen molar-refractivity contribution < 1.29 is 33.0 Å². The van der Waals surface area contributed by atoms with Crippen LogP contribution in [-0.2, 0) is 19.1 Å². The van der Waals surface area contributed by atoms with Crippen LogP contribution in [-0.4, -0.2) is 87.5 Å². The van der Waals surface area contributed by atoms with Gasteiger partial charge in [-0.25, -0.2) is 4.39 Å². The number of Topliss-reactive ketones (excluding diaryl/α,β-unsaturated/α-hetero) is 1. The highest BCUT2D eigenvalue weighted by Gasteiger charge is 2.40. The molecule has 1 aromatic carbocycles. The third-order valence-electron chi connectivity index (χ3n) is 6.31. The Kier molecular flexibility index (Phi) is 7.16. The lowest BCUT2D eigenvalue weighted by Crippen LogP contribution is -2.46. The summed E-state index contributed by atoms with van der Waals surface area (Å²) < 4.78 is 32.7. The summed E-state index contributed by atoms with van der Waals surface area (Å²) in [6.07, 6.45) is 1.25. The quantitative estimate of drug-likeness (QED) is 0.304. The molecule has 1 aromatic heterocycles. The number of esters is 2. The van der Waals surface area contributed by atoms with E-state index in [-0.39, 0.29) is 36.8 Å². The average molecular weight is 505 g/mol. The zero-order valence-corrected chi connectivity index (χ0v) is 20.7. The summed E-state index contributed by atoms with van der Waals surface area (Å²) in [5.74, 6) is -5.74. The fraction of sp³-hybridized carbons (Fsp3) is 0.500. The van der Waals surface area contributed by atoms with Gasteiger partial charge >= 0.3 is 11.9 Å². The Bertz CT molecular complexity index is 1250. The molecule has 0 saturated carbocycles. The highest BCUT2D eigenvalue weighted by Crippen LogP contribution is 2.40. The number of carbonyl (C=O) groups excluding carboxylic acids is 3. The molecule has 0 N–H and O–H groups in total. The molecule has 36 heavy (non-hydrogen) atoms. The number of pyridine rings is 1. The van der Waals surface area contributed by atoms with E-state index in [0.717, 1.165) is 19.2 Å². The van der Waals surface area contributed by atoms with Crippen LogP contribution in [0.3, 0.4) is 0 Å². The molecular formula is C24H29FN4O7. The number of rotatable bonds is 7. The van der Waals surface area contributed by atoms with Gasteiger partial charge in [0.25, 0.3) is 0 Å². The van der Waals surface area contributed by atoms with E-state index in [4.69, 9.17) is 14.2 Å². The molecule has 2 aromatic rings. The van der Waals surface area contributed by atoms with E-state index in [1.54, 1.807) is 12.1 Å². The molecule has 0 amide bonds. The number of halogens is 1. The molecule has 1 fully saturated rings. The normalized spacial score (nSPS) is 15.7. The molecule has 12 heteroatoms. The third-order valence-corrected chi connectivity index (χ3v) is 6.31. The van der Waals surface area contributed by atoms with Crippen molar-refractivity contribution in [2.24, 2.45) is 5.92 Å². The smallest absolute Gasteiger partial charge is 0.328 e. The van der Waals surface area contributed by atoms with E-state index in [9.17, 15) is 19.2 Å². The van der Waals surface area contributed by atoms with Gasteiger partial charge in [-0.1, -0.05) is 0 Å². The Balaban J connectivity index is 1.89. The second-order valence-electron chi connectivity index (χ2n) is 8.67. The second-order valence-corrected chi connectivity index (χ2v) is 8.67. The van der Waals surface area contributed by atoms with Crippen molar-refractivity contribution >= 4 is 34.3 Å². The molecule has 0 bridgehead atoms. The fourth-order valence-corrected chi connectivity index (χ4v) is 4.44. The summed E-state index contributed by atoms with van der Waals surface area (Å²) in [7, 11) is 3.65. The van der Waals surface area contributed by atoms with Gasteiger partial charge in [-0.15, -0.1) is 0 Å². The number of nitrogens with zero attached hydrogens (tertiary/aromatic N) is 4. The minimum Gasteiger partial charge on any atom is -0.467 e. The van der Waals surface area contributed by atoms with Gasteiger partial charge in [0.1, 0.15) is 11.2 Å². The number of anilines is 1. The number of benzene rings is 1. The van der Waals surface area contributed by atoms with Crippen LogP contribution in [0.15, 0.2) is 17.1 Å². The van der Waals surface area contributed by atoms with Crippen LogP contribution in [0.25, 0.3) is 10.9 Å². The predicted octanol–water partition coefficient (Wildman–Crippen LogP) is 0.735. The lowest BCUT2D eigenvalue weighted by molar-refractivity contribution is -0.158. The zero-order valence-electron chi connectivity index (χ0n) is 20.7. The number of ether oxygens (including phenoxy) is 3. The van der Waals surface area contributed by atoms with Gasteiger partial charge in [-0.3, -0.25) is 28.9 Å². The molecule has 0 spiro atoms. The molecular weight excluding hydrogens is 475 g/mol. The largest absolute Gasteiger partial charge is 0.467 e. The van der Waals surface area contributed by atoms with Gasteiger partial charge in [0.15, 0.2) is 24.1 Å². The lowest BCUT2D eigenvalue weighted by atomic mass is 9.96. The van der Waals surface area contributed by atoms with Crippen molar-refractivity contribution in [2.75, 3.05) is 70.1 Å². The Morgan fingerprint density at radius 3 is 2.25 bits per heavy atom. The number of carbonyl (C=O) groups is 3. The van der Waals surface area contributed by atoms with E-state index >= 15 is 4.39 Å². The summed E-state index contributed by atoms with van der Waals surface area (Å²) >= 11 is 0. The summed E-state index contributed by atoms with van der Waals surface area (Å²) in [5.41, 5.74) is -0.731. The first kappa shape index (κ1) is 25.4. The maximum Gasteiger partial charge on any atom is 0.328 e. The highest BCUT2D eigenvalue weighted by molar-refractivity contribution is 6.21. The summed E-state index contributed by atoms with van der Waals surface area (Å²) in [4.78, 5) is 55.8. The summed E-state index contributed by atoms with van der Waals surface area (Å²) in [6, 6.07) is 1.08. The molecule has 11 nitrogen and oxygen atoms in total. The molecule has 194 valence electrons. The van der Waals surface area contributed by atoms with Crippen molar-refractivity contribution in [1.82, 2.24) is 9.58 Å². The molecule has 0 atom stereocenters. The topological polar surface area (TPSA) is 111 Å². The van der Waals surface area contributed by atoms with E-state index in [1.807, 2.05) is 11.9 Å². The van der Waals surface area contributed by atoms with Gasteiger partial charge in [0, 0.05) is 39.4 Å². The second kappa shape index (κ2) is 10.1. The molecule has 0 unspecified atom stereocenters. The van der Waals surface area contributed by atoms with Crippen LogP contribution in [0.5, 0.6) is 5.75 Å². The van der Waals surface area contributed by atoms with Crippen molar-refractivity contribution in [3.63, 3.8) is 0 Å². The van der Waals surface area contributed by atoms with Crippen molar-refractivity contribution in [1.29, 1.82) is 0 Å². The minimum absolute atomic E-state index is 0.0159. The monoisotopic (exact) mass is 504 g/mol. The third kappa shape index (κ3) is 4.36. The first-order valence-corrected chi connectivity index (χ1v) is 11.8. The average Bonchev–Trinajstić information content (AvgIpc) is 2.83. The maximum absolute atomic E-state index is 15.5. The van der Waals surface area contributed by atoms with Crippen LogP contribution in [0.1, 0.15) is 24.2 Å². The van der Waals surface area contributed by atoms with Gasteiger partial charge in [-0.05, 0) is 27.0 Å². The first-order valence-electron chi connectivity index (χ1n) is 11.8. The van der Waals surface area contributed by atoms with Crippen molar-refractivity contribution in [3.8, 4) is 5.75 Å². The molecule has 3 heterocycles. The Hall–Kier alpha value is -3.67. The van der Waals surface area contributed by atoms with Crippen LogP contribution < -0.4 is 20.1 Å². The van der Waals surface area contributed by atoms with Gasteiger partial charge in [0.2, 0.25) is 11.3 Å². The van der Waals surface area contributed by atoms with Crippen molar-refractivity contribution in [3.05, 3.63) is 33.9 Å². The SMILES string of the molecule is CCOC(=O)C(C(=O)OCC)C(=O)c1cn2c3c(c(N4CCN(C)CC4)c(F)cc3c1=O)OCN2C. The summed E-state index contributed by atoms with van der Waals surface area (Å²) in [5, 5.41) is 1.48. The standard InChI is InChI=1S/C24H29FN4O7/c1-5-34-23(32)17(24(33)35-6-2)21(31)15-12-29-18-14(20(15)30)11-16(25)19(22(18)36-13-27(29)4)28-9-7-26(3)8-10-28/h11-12,17H,5-10,13H2,1-4H3. The number of likely N-dealkylation sites (N-methyl/N-ethyl adjacent to an activating group) is 1. The van der Waals surface area contributed by atoms with Gasteiger partial charge < -0.3 is 24.0 Å². The van der Waals surface area contributed by atoms with Crippen LogP contribution >= 0.6 is 0 Å². The van der Waals surface area contributed by atoms with Gasteiger partial charge in [0.05, 0.1) is 24.2 Å². The van der Waals surface area contributed by atoms with E-state index in [0.29, 0.717) is 18.6 Å². The maximum atomic E-state index is 15.5. The lowest BCUT2D eigenvalue weighted by Gasteiger charge is -2.37. The summed E-state index contributed by atoms with van der Waals surface area (Å²) in [6.45, 7) is 5.54. The van der Waals surface area contributed by atoms with E-state index < -0.39 is 40.4 Å². The van der Waals surface area contributed by atoms with Gasteiger partial charge in [-0.2, -0.15) is 0 Å². The highest BCUT2D eigenvalue weighted by atomic mass is 19.1. The predicted molar refractivity (Wildman–Crippen MR) is 129 cm³/mol.